The number of aromatic amines is 1. The number of benzene rings is 1. The van der Waals surface area contributed by atoms with E-state index in [1.165, 1.54) is 6.07 Å². The molecule has 3 aromatic heterocycles. The van der Waals surface area contributed by atoms with Crippen molar-refractivity contribution in [2.45, 2.75) is 33.2 Å². The number of thiophene rings is 1. The minimum atomic E-state index is -0.197. The molecule has 5 nitrogen and oxygen atoms in total. The molecule has 0 radical (unpaired) electrons. The molecule has 36 heavy (non-hydrogen) atoms. The number of halogens is 1. The number of rotatable bonds is 7. The number of hydrogen-bond acceptors (Lipinski definition) is 5. The highest BCUT2D eigenvalue weighted by atomic mass is 32.1. The van der Waals surface area contributed by atoms with Crippen LogP contribution in [0.1, 0.15) is 37.6 Å². The summed E-state index contributed by atoms with van der Waals surface area (Å²) < 4.78 is 13.6. The van der Waals surface area contributed by atoms with Crippen LogP contribution < -0.4 is 10.6 Å². The van der Waals surface area contributed by atoms with Gasteiger partial charge in [0.1, 0.15) is 5.69 Å². The molecule has 0 unspecified atom stereocenters. The lowest BCUT2D eigenvalue weighted by Crippen LogP contribution is -2.20. The molecule has 1 aromatic carbocycles. The normalized spacial score (nSPS) is 14.0. The molecule has 182 valence electrons. The molecule has 1 aliphatic heterocycles. The highest BCUT2D eigenvalue weighted by Crippen LogP contribution is 2.38. The van der Waals surface area contributed by atoms with Gasteiger partial charge in [0.15, 0.2) is 5.13 Å². The van der Waals surface area contributed by atoms with Gasteiger partial charge >= 0.3 is 0 Å². The summed E-state index contributed by atoms with van der Waals surface area (Å²) in [6.45, 7) is 10.2. The van der Waals surface area contributed by atoms with Crippen LogP contribution in [0.4, 0.5) is 10.1 Å². The minimum Gasteiger partial charge on any atom is -0.383 e. The van der Waals surface area contributed by atoms with E-state index in [1.807, 2.05) is 19.2 Å². The molecule has 5 rings (SSSR count). The fourth-order valence-electron chi connectivity index (χ4n) is 4.43. The average molecular weight is 498 g/mol. The second-order valence-electron chi connectivity index (χ2n) is 8.94. The highest BCUT2D eigenvalue weighted by Gasteiger charge is 2.20. The van der Waals surface area contributed by atoms with Crippen LogP contribution in [-0.2, 0) is 6.42 Å². The molecule has 0 amide bonds. The molecule has 1 aliphatic rings. The minimum absolute atomic E-state index is 0.197. The van der Waals surface area contributed by atoms with Gasteiger partial charge in [-0.2, -0.15) is 9.49 Å². The first-order valence-electron chi connectivity index (χ1n) is 11.9. The molecule has 7 heteroatoms. The first-order chi connectivity index (χ1) is 17.5. The van der Waals surface area contributed by atoms with Crippen molar-refractivity contribution in [1.29, 1.82) is 0 Å². The van der Waals surface area contributed by atoms with Crippen LogP contribution in [0, 0.1) is 5.13 Å². The van der Waals surface area contributed by atoms with E-state index in [0.29, 0.717) is 12.5 Å². The Morgan fingerprint density at radius 1 is 1.22 bits per heavy atom. The Kier molecular flexibility index (Phi) is 6.57. The van der Waals surface area contributed by atoms with Gasteiger partial charge in [0.05, 0.1) is 23.1 Å². The molecule has 0 saturated carbocycles. The molecule has 0 saturated heterocycles. The third kappa shape index (κ3) is 4.62. The van der Waals surface area contributed by atoms with Gasteiger partial charge in [-0.15, -0.1) is 11.3 Å². The van der Waals surface area contributed by atoms with Crippen LogP contribution in [0.5, 0.6) is 0 Å². The quantitative estimate of drug-likeness (QED) is 0.234. The van der Waals surface area contributed by atoms with Crippen molar-refractivity contribution in [2.24, 2.45) is 0 Å². The van der Waals surface area contributed by atoms with Gasteiger partial charge in [-0.3, -0.25) is 10.1 Å². The van der Waals surface area contributed by atoms with E-state index in [1.54, 1.807) is 12.3 Å². The number of nitrogens with zero attached hydrogens (tertiary/aromatic N) is 2. The van der Waals surface area contributed by atoms with Crippen molar-refractivity contribution < 1.29 is 4.39 Å². The lowest BCUT2D eigenvalue weighted by atomic mass is 9.97. The SMILES string of the molecule is C=C/C(=C\C(=C/C)c1ccc2[nH]nc(C3=CCc4c(cncc4-c4ccc(F)s4)N3)c2c1)NC(C)C. The molecule has 0 bridgehead atoms. The van der Waals surface area contributed by atoms with Gasteiger partial charge in [0.2, 0.25) is 0 Å². The standard InChI is InChI=1S/C29H28FN5S/c1-5-18(13-20(6-2)32-17(3)4)19-7-9-24-22(14-19)29(35-34-24)25-10-8-21-23(15-31-16-26(21)33-25)27-11-12-28(30)36-27/h5-7,9-17,32-33H,2,8H2,1,3-4H3,(H,34,35)/b18-5+,20-13+. The van der Waals surface area contributed by atoms with Crippen molar-refractivity contribution in [3.8, 4) is 10.4 Å². The Morgan fingerprint density at radius 3 is 2.81 bits per heavy atom. The summed E-state index contributed by atoms with van der Waals surface area (Å²) in [7, 11) is 0. The van der Waals surface area contributed by atoms with Gasteiger partial charge in [0, 0.05) is 33.8 Å². The molecule has 4 aromatic rings. The smallest absolute Gasteiger partial charge is 0.176 e. The van der Waals surface area contributed by atoms with Crippen LogP contribution >= 0.6 is 11.3 Å². The van der Waals surface area contributed by atoms with Crippen LogP contribution in [0.25, 0.3) is 32.6 Å². The third-order valence-corrected chi connectivity index (χ3v) is 7.03. The number of nitrogens with one attached hydrogen (secondary N) is 3. The molecule has 0 spiro atoms. The first-order valence-corrected chi connectivity index (χ1v) is 12.7. The van der Waals surface area contributed by atoms with Crippen molar-refractivity contribution in [2.75, 3.05) is 5.32 Å². The van der Waals surface area contributed by atoms with Crippen molar-refractivity contribution in [3.63, 3.8) is 0 Å². The zero-order valence-electron chi connectivity index (χ0n) is 20.5. The zero-order valence-corrected chi connectivity index (χ0v) is 21.3. The number of anilines is 1. The van der Waals surface area contributed by atoms with Gasteiger partial charge in [-0.25, -0.2) is 0 Å². The van der Waals surface area contributed by atoms with Gasteiger partial charge in [-0.1, -0.05) is 24.8 Å². The number of H-pyrrole nitrogens is 1. The first kappa shape index (κ1) is 23.8. The molecular formula is C29H28FN5S. The molecule has 3 N–H and O–H groups in total. The number of pyridine rings is 1. The summed E-state index contributed by atoms with van der Waals surface area (Å²) in [5, 5.41) is 15.6. The van der Waals surface area contributed by atoms with E-state index in [4.69, 9.17) is 0 Å². The summed E-state index contributed by atoms with van der Waals surface area (Å²) in [5.74, 6) is 0. The molecule has 4 heterocycles. The topological polar surface area (TPSA) is 65.6 Å². The Balaban J connectivity index is 1.49. The maximum absolute atomic E-state index is 13.6. The summed E-state index contributed by atoms with van der Waals surface area (Å²) in [6, 6.07) is 9.94. The van der Waals surface area contributed by atoms with Gasteiger partial charge in [0.25, 0.3) is 0 Å². The van der Waals surface area contributed by atoms with Crippen LogP contribution in [-0.4, -0.2) is 21.2 Å². The number of aromatic nitrogens is 3. The fraction of sp³-hybridized carbons (Fsp3) is 0.172. The Hall–Kier alpha value is -3.97. The predicted molar refractivity (Wildman–Crippen MR) is 149 cm³/mol. The molecule has 0 fully saturated rings. The van der Waals surface area contributed by atoms with E-state index < -0.39 is 0 Å². The van der Waals surface area contributed by atoms with E-state index in [9.17, 15) is 4.39 Å². The van der Waals surface area contributed by atoms with E-state index in [0.717, 1.165) is 72.2 Å². The Labute approximate surface area is 214 Å². The maximum Gasteiger partial charge on any atom is 0.176 e. The van der Waals surface area contributed by atoms with E-state index in [2.05, 4.69) is 82.7 Å². The molecule has 0 aliphatic carbocycles. The summed E-state index contributed by atoms with van der Waals surface area (Å²) >= 11 is 1.14. The van der Waals surface area contributed by atoms with E-state index in [-0.39, 0.29) is 5.13 Å². The van der Waals surface area contributed by atoms with Gasteiger partial charge in [-0.05, 0) is 80.3 Å². The van der Waals surface area contributed by atoms with Crippen molar-refractivity contribution in [1.82, 2.24) is 20.5 Å². The number of allylic oxidation sites excluding steroid dienone is 5. The monoisotopic (exact) mass is 497 g/mol. The zero-order chi connectivity index (χ0) is 25.2. The lowest BCUT2D eigenvalue weighted by Gasteiger charge is -2.20. The van der Waals surface area contributed by atoms with E-state index >= 15 is 0 Å². The fourth-order valence-corrected chi connectivity index (χ4v) is 5.20. The summed E-state index contributed by atoms with van der Waals surface area (Å²) in [5.41, 5.74) is 8.89. The predicted octanol–water partition coefficient (Wildman–Crippen LogP) is 7.31. The second-order valence-corrected chi connectivity index (χ2v) is 9.98. The number of fused-ring (bicyclic) bond motifs is 2. The van der Waals surface area contributed by atoms with Crippen LogP contribution in [0.15, 0.2) is 79.3 Å². The summed E-state index contributed by atoms with van der Waals surface area (Å²) in [4.78, 5) is 5.28. The average Bonchev–Trinajstić information content (AvgIpc) is 3.51. The lowest BCUT2D eigenvalue weighted by molar-refractivity contribution is 0.657. The maximum atomic E-state index is 13.6. The number of hydrogen-bond donors (Lipinski definition) is 3. The van der Waals surface area contributed by atoms with Crippen molar-refractivity contribution in [3.05, 3.63) is 101 Å². The second kappa shape index (κ2) is 9.95. The molecule has 0 atom stereocenters. The third-order valence-electron chi connectivity index (χ3n) is 6.12. The van der Waals surface area contributed by atoms with Crippen LogP contribution in [0.3, 0.4) is 0 Å². The largest absolute Gasteiger partial charge is 0.383 e. The van der Waals surface area contributed by atoms with Crippen LogP contribution in [0.2, 0.25) is 0 Å². The van der Waals surface area contributed by atoms with Crippen molar-refractivity contribution >= 4 is 39.2 Å². The molecular weight excluding hydrogens is 469 g/mol. The Morgan fingerprint density at radius 2 is 2.08 bits per heavy atom. The Bertz CT molecular complexity index is 1540. The van der Waals surface area contributed by atoms with Gasteiger partial charge < -0.3 is 10.6 Å². The highest BCUT2D eigenvalue weighted by molar-refractivity contribution is 7.13. The summed E-state index contributed by atoms with van der Waals surface area (Å²) in [6.07, 6.45) is 12.5.